The molecule has 1 fully saturated rings. The molecule has 0 atom stereocenters. The summed E-state index contributed by atoms with van der Waals surface area (Å²) < 4.78 is 31.9. The van der Waals surface area contributed by atoms with Gasteiger partial charge in [0, 0.05) is 62.1 Å². The maximum atomic E-state index is 12.6. The van der Waals surface area contributed by atoms with Crippen LogP contribution in [0, 0.1) is 0 Å². The minimum absolute atomic E-state index is 0.214. The van der Waals surface area contributed by atoms with E-state index < -0.39 is 10.0 Å². The fourth-order valence-electron chi connectivity index (χ4n) is 3.38. The normalized spacial score (nSPS) is 15.5. The molecule has 0 saturated carbocycles. The van der Waals surface area contributed by atoms with Gasteiger partial charge in [0.2, 0.25) is 10.0 Å². The SMILES string of the molecule is COC1CN(c2ccc(S(=O)(=O)N(C)C)cc2-c2cc3ccccc3[nH]2)C1. The second-order valence-electron chi connectivity index (χ2n) is 7.00. The molecule has 0 radical (unpaired) electrons. The third-order valence-corrected chi connectivity index (χ3v) is 6.90. The van der Waals surface area contributed by atoms with E-state index in [9.17, 15) is 8.42 Å². The van der Waals surface area contributed by atoms with Crippen LogP contribution >= 0.6 is 0 Å². The number of fused-ring (bicyclic) bond motifs is 1. The maximum Gasteiger partial charge on any atom is 0.242 e. The van der Waals surface area contributed by atoms with Gasteiger partial charge in [-0.25, -0.2) is 12.7 Å². The van der Waals surface area contributed by atoms with Crippen molar-refractivity contribution in [2.45, 2.75) is 11.0 Å². The van der Waals surface area contributed by atoms with Crippen LogP contribution in [-0.2, 0) is 14.8 Å². The zero-order chi connectivity index (χ0) is 19.2. The number of para-hydroxylation sites is 1. The summed E-state index contributed by atoms with van der Waals surface area (Å²) >= 11 is 0. The minimum Gasteiger partial charge on any atom is -0.378 e. The highest BCUT2D eigenvalue weighted by Gasteiger charge is 2.30. The summed E-state index contributed by atoms with van der Waals surface area (Å²) in [7, 11) is 1.30. The summed E-state index contributed by atoms with van der Waals surface area (Å²) in [5.41, 5.74) is 3.82. The van der Waals surface area contributed by atoms with Gasteiger partial charge in [-0.05, 0) is 30.3 Å². The molecule has 0 unspecified atom stereocenters. The lowest BCUT2D eigenvalue weighted by atomic mass is 10.0. The average Bonchev–Trinajstić information content (AvgIpc) is 3.04. The van der Waals surface area contributed by atoms with Crippen molar-refractivity contribution in [1.82, 2.24) is 9.29 Å². The van der Waals surface area contributed by atoms with Crippen molar-refractivity contribution >= 4 is 26.6 Å². The standard InChI is InChI=1S/C20H23N3O3S/c1-22(2)27(24,25)16-8-9-20(23-12-15(13-23)26-3)17(11-16)19-10-14-6-4-5-7-18(14)21-19/h4-11,15,21H,12-13H2,1-3H3. The number of rotatable bonds is 5. The van der Waals surface area contributed by atoms with Crippen LogP contribution < -0.4 is 4.90 Å². The molecule has 1 aliphatic heterocycles. The topological polar surface area (TPSA) is 65.6 Å². The number of hydrogen-bond donors (Lipinski definition) is 1. The molecular formula is C20H23N3O3S. The Morgan fingerprint density at radius 2 is 1.85 bits per heavy atom. The monoisotopic (exact) mass is 385 g/mol. The molecule has 0 spiro atoms. The number of sulfonamides is 1. The lowest BCUT2D eigenvalue weighted by molar-refractivity contribution is 0.0788. The van der Waals surface area contributed by atoms with Gasteiger partial charge in [-0.2, -0.15) is 0 Å². The highest BCUT2D eigenvalue weighted by molar-refractivity contribution is 7.89. The molecular weight excluding hydrogens is 362 g/mol. The van der Waals surface area contributed by atoms with E-state index in [0.29, 0.717) is 0 Å². The van der Waals surface area contributed by atoms with Crippen LogP contribution in [0.4, 0.5) is 5.69 Å². The molecule has 0 amide bonds. The van der Waals surface area contributed by atoms with Gasteiger partial charge in [-0.15, -0.1) is 0 Å². The number of benzene rings is 2. The molecule has 7 heteroatoms. The second kappa shape index (κ2) is 6.67. The van der Waals surface area contributed by atoms with Crippen molar-refractivity contribution in [3.8, 4) is 11.3 Å². The number of aromatic nitrogens is 1. The Morgan fingerprint density at radius 3 is 2.52 bits per heavy atom. The first kappa shape index (κ1) is 18.0. The van der Waals surface area contributed by atoms with E-state index in [1.54, 1.807) is 33.3 Å². The Morgan fingerprint density at radius 1 is 1.11 bits per heavy atom. The molecule has 3 aromatic rings. The number of methoxy groups -OCH3 is 1. The predicted molar refractivity (Wildman–Crippen MR) is 108 cm³/mol. The molecule has 1 saturated heterocycles. The molecule has 142 valence electrons. The Hall–Kier alpha value is -2.35. The van der Waals surface area contributed by atoms with Crippen LogP contribution in [0.3, 0.4) is 0 Å². The third kappa shape index (κ3) is 3.12. The smallest absolute Gasteiger partial charge is 0.242 e. The van der Waals surface area contributed by atoms with Gasteiger partial charge in [-0.3, -0.25) is 0 Å². The summed E-state index contributed by atoms with van der Waals surface area (Å²) in [6.07, 6.45) is 0.214. The van der Waals surface area contributed by atoms with E-state index >= 15 is 0 Å². The zero-order valence-corrected chi connectivity index (χ0v) is 16.5. The number of anilines is 1. The Labute approximate surface area is 159 Å². The highest BCUT2D eigenvalue weighted by Crippen LogP contribution is 2.37. The van der Waals surface area contributed by atoms with Gasteiger partial charge >= 0.3 is 0 Å². The number of nitrogens with zero attached hydrogens (tertiary/aromatic N) is 2. The van der Waals surface area contributed by atoms with Crippen molar-refractivity contribution in [2.24, 2.45) is 0 Å². The van der Waals surface area contributed by atoms with E-state index in [4.69, 9.17) is 4.74 Å². The van der Waals surface area contributed by atoms with E-state index in [-0.39, 0.29) is 11.0 Å². The van der Waals surface area contributed by atoms with Crippen molar-refractivity contribution in [1.29, 1.82) is 0 Å². The lowest BCUT2D eigenvalue weighted by Gasteiger charge is -2.41. The largest absolute Gasteiger partial charge is 0.378 e. The predicted octanol–water partition coefficient (Wildman–Crippen LogP) is 2.92. The van der Waals surface area contributed by atoms with Crippen LogP contribution in [0.25, 0.3) is 22.2 Å². The van der Waals surface area contributed by atoms with Crippen LogP contribution in [0.2, 0.25) is 0 Å². The zero-order valence-electron chi connectivity index (χ0n) is 15.6. The van der Waals surface area contributed by atoms with Crippen LogP contribution in [-0.4, -0.2) is 58.1 Å². The number of H-pyrrole nitrogens is 1. The quantitative estimate of drug-likeness (QED) is 0.733. The first-order chi connectivity index (χ1) is 12.9. The molecule has 2 heterocycles. The molecule has 4 rings (SSSR count). The first-order valence-corrected chi connectivity index (χ1v) is 10.3. The first-order valence-electron chi connectivity index (χ1n) is 8.82. The molecule has 1 aromatic heterocycles. The molecule has 0 aliphatic carbocycles. The molecule has 6 nitrogen and oxygen atoms in total. The van der Waals surface area contributed by atoms with Crippen molar-refractivity contribution in [3.05, 3.63) is 48.5 Å². The van der Waals surface area contributed by atoms with Gasteiger partial charge < -0.3 is 14.6 Å². The van der Waals surface area contributed by atoms with E-state index in [2.05, 4.69) is 16.0 Å². The molecule has 27 heavy (non-hydrogen) atoms. The van der Waals surface area contributed by atoms with Gasteiger partial charge in [-0.1, -0.05) is 18.2 Å². The van der Waals surface area contributed by atoms with E-state index in [1.165, 1.54) is 4.31 Å². The van der Waals surface area contributed by atoms with Crippen LogP contribution in [0.1, 0.15) is 0 Å². The number of ether oxygens (including phenoxy) is 1. The Kier molecular flexibility index (Phi) is 4.46. The van der Waals surface area contributed by atoms with Gasteiger partial charge in [0.25, 0.3) is 0 Å². The lowest BCUT2D eigenvalue weighted by Crippen LogP contribution is -2.52. The van der Waals surface area contributed by atoms with Gasteiger partial charge in [0.05, 0.1) is 11.0 Å². The fourth-order valence-corrected chi connectivity index (χ4v) is 4.31. The Balaban J connectivity index is 1.85. The van der Waals surface area contributed by atoms with E-state index in [1.807, 2.05) is 30.3 Å². The number of hydrogen-bond acceptors (Lipinski definition) is 4. The summed E-state index contributed by atoms with van der Waals surface area (Å²) in [5.74, 6) is 0. The minimum atomic E-state index is -3.51. The molecule has 0 bridgehead atoms. The van der Waals surface area contributed by atoms with Gasteiger partial charge in [0.1, 0.15) is 0 Å². The van der Waals surface area contributed by atoms with Crippen LogP contribution in [0.5, 0.6) is 0 Å². The summed E-state index contributed by atoms with van der Waals surface area (Å²) in [5, 5.41) is 1.10. The van der Waals surface area contributed by atoms with Crippen molar-refractivity contribution in [3.63, 3.8) is 0 Å². The summed E-state index contributed by atoms with van der Waals surface area (Å²) in [4.78, 5) is 5.92. The molecule has 1 N–H and O–H groups in total. The van der Waals surface area contributed by atoms with E-state index in [0.717, 1.165) is 40.9 Å². The Bertz CT molecular complexity index is 1050. The second-order valence-corrected chi connectivity index (χ2v) is 9.15. The van der Waals surface area contributed by atoms with Crippen LogP contribution in [0.15, 0.2) is 53.4 Å². The van der Waals surface area contributed by atoms with Gasteiger partial charge in [0.15, 0.2) is 0 Å². The molecule has 1 aliphatic rings. The summed E-state index contributed by atoms with van der Waals surface area (Å²) in [6, 6.07) is 15.4. The number of nitrogens with one attached hydrogen (secondary N) is 1. The van der Waals surface area contributed by atoms with Crippen molar-refractivity contribution < 1.29 is 13.2 Å². The highest BCUT2D eigenvalue weighted by atomic mass is 32.2. The third-order valence-electron chi connectivity index (χ3n) is 5.09. The fraction of sp³-hybridized carbons (Fsp3) is 0.300. The number of aromatic amines is 1. The average molecular weight is 385 g/mol. The molecule has 2 aromatic carbocycles. The summed E-state index contributed by atoms with van der Waals surface area (Å²) in [6.45, 7) is 1.59. The maximum absolute atomic E-state index is 12.6. The van der Waals surface area contributed by atoms with Crippen molar-refractivity contribution in [2.75, 3.05) is 39.2 Å².